The van der Waals surface area contributed by atoms with E-state index in [2.05, 4.69) is 0 Å². The summed E-state index contributed by atoms with van der Waals surface area (Å²) in [6.07, 6.45) is 0. The minimum atomic E-state index is -1.50. The second kappa shape index (κ2) is 6.35. The van der Waals surface area contributed by atoms with E-state index in [1.165, 1.54) is 6.92 Å². The predicted molar refractivity (Wildman–Crippen MR) is 55.6 cm³/mol. The van der Waals surface area contributed by atoms with Crippen LogP contribution in [0.2, 0.25) is 0 Å². The fraction of sp³-hybridized carbons (Fsp3) is 1.00. The predicted octanol–water partition coefficient (Wildman–Crippen LogP) is 0.340. The van der Waals surface area contributed by atoms with Gasteiger partial charge in [0.1, 0.15) is 0 Å². The van der Waals surface area contributed by atoms with E-state index in [1.807, 2.05) is 0 Å². The van der Waals surface area contributed by atoms with Crippen LogP contribution in [0.25, 0.3) is 0 Å². The summed E-state index contributed by atoms with van der Waals surface area (Å²) in [4.78, 5) is 0. The summed E-state index contributed by atoms with van der Waals surface area (Å²) in [6, 6.07) is 0. The molecule has 0 unspecified atom stereocenters. The maximum atomic E-state index is 8.65. The second-order valence-electron chi connectivity index (χ2n) is 4.73. The number of aliphatic hydroxyl groups excluding tert-OH is 2. The Bertz CT molecular complexity index is 126. The highest BCUT2D eigenvalue weighted by molar-refractivity contribution is 4.63. The largest absolute Gasteiger partial charge is 0.396 e. The first-order valence-electron chi connectivity index (χ1n) is 4.73. The van der Waals surface area contributed by atoms with Crippen molar-refractivity contribution in [3.05, 3.63) is 0 Å². The molecule has 0 atom stereocenters. The third-order valence-corrected chi connectivity index (χ3v) is 1.95. The quantitative estimate of drug-likeness (QED) is 0.504. The van der Waals surface area contributed by atoms with Crippen LogP contribution in [0, 0.1) is 11.3 Å². The van der Waals surface area contributed by atoms with E-state index in [-0.39, 0.29) is 24.5 Å². The van der Waals surface area contributed by atoms with Crippen LogP contribution in [0.3, 0.4) is 0 Å². The van der Waals surface area contributed by atoms with Crippen molar-refractivity contribution in [1.29, 1.82) is 0 Å². The summed E-state index contributed by atoms with van der Waals surface area (Å²) < 4.78 is 0. The first-order chi connectivity index (χ1) is 6.06. The Morgan fingerprint density at radius 3 is 1.14 bits per heavy atom. The normalized spacial score (nSPS) is 12.4. The highest BCUT2D eigenvalue weighted by atomic mass is 16.5. The molecule has 4 N–H and O–H groups in total. The molecular formula is C10H24O4. The average molecular weight is 208 g/mol. The van der Waals surface area contributed by atoms with Crippen LogP contribution in [-0.2, 0) is 0 Å². The minimum absolute atomic E-state index is 0.0451. The van der Waals surface area contributed by atoms with Gasteiger partial charge in [-0.05, 0) is 6.92 Å². The Morgan fingerprint density at radius 2 is 1.14 bits per heavy atom. The molecule has 14 heavy (non-hydrogen) atoms. The molecule has 4 heteroatoms. The van der Waals surface area contributed by atoms with Crippen molar-refractivity contribution in [3.63, 3.8) is 0 Å². The van der Waals surface area contributed by atoms with Gasteiger partial charge in [-0.3, -0.25) is 0 Å². The van der Waals surface area contributed by atoms with Crippen molar-refractivity contribution >= 4 is 0 Å². The Labute approximate surface area is 86.2 Å². The van der Waals surface area contributed by atoms with Crippen molar-refractivity contribution in [2.24, 2.45) is 11.3 Å². The molecule has 0 rings (SSSR count). The molecule has 0 fully saturated rings. The molecule has 0 saturated heterocycles. The number of rotatable bonds is 3. The van der Waals surface area contributed by atoms with E-state index in [4.69, 9.17) is 20.4 Å². The number of hydrogen-bond donors (Lipinski definition) is 4. The van der Waals surface area contributed by atoms with Gasteiger partial charge in [-0.25, -0.2) is 0 Å². The zero-order valence-corrected chi connectivity index (χ0v) is 9.78. The van der Waals surface area contributed by atoms with Crippen molar-refractivity contribution < 1.29 is 20.4 Å². The molecule has 0 aromatic rings. The van der Waals surface area contributed by atoms with E-state index in [9.17, 15) is 0 Å². The second-order valence-corrected chi connectivity index (χ2v) is 4.73. The van der Waals surface area contributed by atoms with E-state index in [0.717, 1.165) is 0 Å². The molecule has 4 nitrogen and oxygen atoms in total. The highest BCUT2D eigenvalue weighted by Crippen LogP contribution is 2.10. The zero-order chi connectivity index (χ0) is 12.0. The van der Waals surface area contributed by atoms with Crippen LogP contribution in [0.15, 0.2) is 0 Å². The van der Waals surface area contributed by atoms with E-state index in [0.29, 0.717) is 0 Å². The van der Waals surface area contributed by atoms with Gasteiger partial charge in [0.15, 0.2) is 5.79 Å². The molecule has 0 spiro atoms. The standard InChI is InChI=1S/2C5H12O2/c1-5(2,3-6)4-7;1-4(2)5(3,6)7/h6-7H,3-4H2,1-2H3;4,6-7H,1-3H3. The van der Waals surface area contributed by atoms with Gasteiger partial charge in [-0.15, -0.1) is 0 Å². The van der Waals surface area contributed by atoms with Gasteiger partial charge < -0.3 is 20.4 Å². The highest BCUT2D eigenvalue weighted by Gasteiger charge is 2.19. The zero-order valence-electron chi connectivity index (χ0n) is 9.78. The topological polar surface area (TPSA) is 80.9 Å². The summed E-state index contributed by atoms with van der Waals surface area (Å²) in [7, 11) is 0. The first kappa shape index (κ1) is 16.3. The van der Waals surface area contributed by atoms with Crippen molar-refractivity contribution in [2.75, 3.05) is 13.2 Å². The van der Waals surface area contributed by atoms with Crippen LogP contribution in [-0.4, -0.2) is 39.4 Å². The van der Waals surface area contributed by atoms with Crippen molar-refractivity contribution in [1.82, 2.24) is 0 Å². The molecule has 0 aliphatic heterocycles. The van der Waals surface area contributed by atoms with Crippen LogP contribution < -0.4 is 0 Å². The SMILES string of the molecule is CC(C)(CO)CO.CC(C)C(C)(O)O. The van der Waals surface area contributed by atoms with Gasteiger partial charge in [-0.1, -0.05) is 27.7 Å². The third kappa shape index (κ3) is 9.92. The molecule has 88 valence electrons. The maximum Gasteiger partial charge on any atom is 0.161 e. The fourth-order valence-electron chi connectivity index (χ4n) is 0.0500. The van der Waals surface area contributed by atoms with E-state index >= 15 is 0 Å². The van der Waals surface area contributed by atoms with Crippen molar-refractivity contribution in [3.8, 4) is 0 Å². The molecule has 0 amide bonds. The van der Waals surface area contributed by atoms with Crippen LogP contribution in [0.5, 0.6) is 0 Å². The Balaban J connectivity index is 0. The van der Waals surface area contributed by atoms with Gasteiger partial charge in [0.05, 0.1) is 13.2 Å². The molecule has 0 aliphatic carbocycles. The van der Waals surface area contributed by atoms with Gasteiger partial charge in [0.2, 0.25) is 0 Å². The minimum Gasteiger partial charge on any atom is -0.396 e. The lowest BCUT2D eigenvalue weighted by atomic mass is 9.97. The lowest BCUT2D eigenvalue weighted by Crippen LogP contribution is -2.29. The summed E-state index contributed by atoms with van der Waals surface area (Å²) in [6.45, 7) is 8.56. The lowest BCUT2D eigenvalue weighted by molar-refractivity contribution is -0.176. The molecular weight excluding hydrogens is 184 g/mol. The first-order valence-corrected chi connectivity index (χ1v) is 4.73. The summed E-state index contributed by atoms with van der Waals surface area (Å²) in [5.41, 5.74) is -0.306. The molecule has 0 heterocycles. The van der Waals surface area contributed by atoms with Gasteiger partial charge >= 0.3 is 0 Å². The Kier molecular flexibility index (Phi) is 7.38. The van der Waals surface area contributed by atoms with E-state index in [1.54, 1.807) is 27.7 Å². The molecule has 0 bridgehead atoms. The van der Waals surface area contributed by atoms with Crippen molar-refractivity contribution in [2.45, 2.75) is 40.4 Å². The smallest absolute Gasteiger partial charge is 0.161 e. The monoisotopic (exact) mass is 208 g/mol. The molecule has 0 radical (unpaired) electrons. The molecule has 0 saturated carbocycles. The molecule has 0 aliphatic rings. The van der Waals surface area contributed by atoms with Crippen LogP contribution in [0.1, 0.15) is 34.6 Å². The Morgan fingerprint density at radius 1 is 0.929 bits per heavy atom. The summed E-state index contributed by atoms with van der Waals surface area (Å²) in [5, 5.41) is 34.2. The lowest BCUT2D eigenvalue weighted by Gasteiger charge is -2.19. The Hall–Kier alpha value is -0.160. The van der Waals surface area contributed by atoms with Crippen LogP contribution >= 0.6 is 0 Å². The number of hydrogen-bond acceptors (Lipinski definition) is 4. The van der Waals surface area contributed by atoms with Gasteiger partial charge in [0.25, 0.3) is 0 Å². The summed E-state index contributed by atoms with van der Waals surface area (Å²) in [5.74, 6) is -1.59. The van der Waals surface area contributed by atoms with Crippen LogP contribution in [0.4, 0.5) is 0 Å². The van der Waals surface area contributed by atoms with E-state index < -0.39 is 5.79 Å². The molecule has 0 aromatic heterocycles. The summed E-state index contributed by atoms with van der Waals surface area (Å²) >= 11 is 0. The fourth-order valence-corrected chi connectivity index (χ4v) is 0.0500. The van der Waals surface area contributed by atoms with Gasteiger partial charge in [0, 0.05) is 11.3 Å². The average Bonchev–Trinajstić information content (AvgIpc) is 2.04. The maximum absolute atomic E-state index is 8.65. The van der Waals surface area contributed by atoms with Gasteiger partial charge in [-0.2, -0.15) is 0 Å². The molecule has 0 aromatic carbocycles. The third-order valence-electron chi connectivity index (χ3n) is 1.95. The number of aliphatic hydroxyl groups is 4.